The van der Waals surface area contributed by atoms with E-state index in [2.05, 4.69) is 12.2 Å². The van der Waals surface area contributed by atoms with E-state index in [9.17, 15) is 0 Å². The van der Waals surface area contributed by atoms with Crippen LogP contribution in [0.2, 0.25) is 0 Å². The molecule has 0 bridgehead atoms. The average Bonchev–Trinajstić information content (AvgIpc) is 3.07. The summed E-state index contributed by atoms with van der Waals surface area (Å²) in [5, 5.41) is 3.71. The standard InChI is InChI=1S/C28H32N2O6/c1-28(27-24(35-6)14-18(32-3)15-25(27)36-7)16-21(29-19-10-8-9-11-20(19)30-28)26-22(33-4)12-17(31-2)13-23(26)34-5/h8-15,30H,16H2,1-7H3. The van der Waals surface area contributed by atoms with Crippen LogP contribution in [-0.2, 0) is 5.54 Å². The van der Waals surface area contributed by atoms with Crippen molar-refractivity contribution in [3.63, 3.8) is 0 Å². The van der Waals surface area contributed by atoms with Crippen LogP contribution in [0.15, 0.2) is 53.5 Å². The fourth-order valence-electron chi connectivity index (χ4n) is 4.67. The van der Waals surface area contributed by atoms with Crippen molar-refractivity contribution in [3.8, 4) is 34.5 Å². The van der Waals surface area contributed by atoms with Crippen molar-refractivity contribution in [2.24, 2.45) is 4.99 Å². The second kappa shape index (κ2) is 10.3. The third kappa shape index (κ3) is 4.46. The molecule has 1 heterocycles. The first-order valence-electron chi connectivity index (χ1n) is 11.5. The van der Waals surface area contributed by atoms with E-state index in [0.717, 1.165) is 28.2 Å². The molecule has 1 unspecified atom stereocenters. The average molecular weight is 493 g/mol. The summed E-state index contributed by atoms with van der Waals surface area (Å²) in [4.78, 5) is 5.09. The van der Waals surface area contributed by atoms with Crippen molar-refractivity contribution in [3.05, 3.63) is 59.7 Å². The summed E-state index contributed by atoms with van der Waals surface area (Å²) in [6.45, 7) is 2.10. The molecule has 0 saturated carbocycles. The van der Waals surface area contributed by atoms with Gasteiger partial charge < -0.3 is 33.7 Å². The predicted octanol–water partition coefficient (Wildman–Crippen LogP) is 5.59. The molecule has 4 rings (SSSR count). The maximum Gasteiger partial charge on any atom is 0.135 e. The lowest BCUT2D eigenvalue weighted by Crippen LogP contribution is -2.35. The van der Waals surface area contributed by atoms with E-state index >= 15 is 0 Å². The molecule has 0 saturated heterocycles. The van der Waals surface area contributed by atoms with E-state index in [0.29, 0.717) is 40.9 Å². The number of hydrogen-bond donors (Lipinski definition) is 1. The van der Waals surface area contributed by atoms with E-state index in [1.807, 2.05) is 48.5 Å². The van der Waals surface area contributed by atoms with Crippen LogP contribution in [0.5, 0.6) is 34.5 Å². The molecule has 0 radical (unpaired) electrons. The summed E-state index contributed by atoms with van der Waals surface area (Å²) in [5.41, 5.74) is 3.32. The fraction of sp³-hybridized carbons (Fsp3) is 0.321. The highest BCUT2D eigenvalue weighted by Crippen LogP contribution is 2.48. The summed E-state index contributed by atoms with van der Waals surface area (Å²) in [6, 6.07) is 15.3. The van der Waals surface area contributed by atoms with Crippen molar-refractivity contribution in [1.82, 2.24) is 0 Å². The van der Waals surface area contributed by atoms with Crippen molar-refractivity contribution in [2.45, 2.75) is 18.9 Å². The molecule has 36 heavy (non-hydrogen) atoms. The predicted molar refractivity (Wildman–Crippen MR) is 140 cm³/mol. The molecule has 8 nitrogen and oxygen atoms in total. The third-order valence-corrected chi connectivity index (χ3v) is 6.36. The van der Waals surface area contributed by atoms with Gasteiger partial charge in [-0.3, -0.25) is 4.99 Å². The summed E-state index contributed by atoms with van der Waals surface area (Å²) >= 11 is 0. The van der Waals surface area contributed by atoms with E-state index in [4.69, 9.17) is 33.4 Å². The highest BCUT2D eigenvalue weighted by atomic mass is 16.5. The number of fused-ring (bicyclic) bond motifs is 1. The second-order valence-electron chi connectivity index (χ2n) is 8.52. The summed E-state index contributed by atoms with van der Waals surface area (Å²) in [6.07, 6.45) is 0.458. The maximum atomic E-state index is 5.83. The van der Waals surface area contributed by atoms with Gasteiger partial charge in [-0.1, -0.05) is 12.1 Å². The van der Waals surface area contributed by atoms with Gasteiger partial charge in [-0.05, 0) is 19.1 Å². The number of nitrogens with zero attached hydrogens (tertiary/aromatic N) is 1. The number of benzene rings is 3. The molecule has 0 aromatic heterocycles. The second-order valence-corrected chi connectivity index (χ2v) is 8.52. The van der Waals surface area contributed by atoms with Gasteiger partial charge in [0.2, 0.25) is 0 Å². The van der Waals surface area contributed by atoms with Crippen LogP contribution in [0.4, 0.5) is 11.4 Å². The zero-order valence-corrected chi connectivity index (χ0v) is 21.7. The Morgan fingerprint density at radius 1 is 0.694 bits per heavy atom. The van der Waals surface area contributed by atoms with E-state index in [-0.39, 0.29) is 0 Å². The normalized spacial score (nSPS) is 16.6. The molecule has 3 aromatic rings. The Kier molecular flexibility index (Phi) is 7.15. The van der Waals surface area contributed by atoms with Crippen LogP contribution in [0.25, 0.3) is 0 Å². The lowest BCUT2D eigenvalue weighted by atomic mass is 9.83. The summed E-state index contributed by atoms with van der Waals surface area (Å²) in [7, 11) is 9.73. The molecule has 1 atom stereocenters. The van der Waals surface area contributed by atoms with Crippen molar-refractivity contribution in [1.29, 1.82) is 0 Å². The Morgan fingerprint density at radius 3 is 1.69 bits per heavy atom. The third-order valence-electron chi connectivity index (χ3n) is 6.36. The van der Waals surface area contributed by atoms with Crippen LogP contribution in [0.1, 0.15) is 24.5 Å². The minimum atomic E-state index is -0.704. The van der Waals surface area contributed by atoms with Crippen LogP contribution in [-0.4, -0.2) is 48.4 Å². The van der Waals surface area contributed by atoms with Crippen molar-refractivity contribution >= 4 is 17.1 Å². The Morgan fingerprint density at radius 2 is 1.19 bits per heavy atom. The van der Waals surface area contributed by atoms with Crippen LogP contribution in [0.3, 0.4) is 0 Å². The molecule has 0 fully saturated rings. The maximum absolute atomic E-state index is 5.83. The van der Waals surface area contributed by atoms with Gasteiger partial charge >= 0.3 is 0 Å². The first-order chi connectivity index (χ1) is 17.4. The molecule has 0 amide bonds. The van der Waals surface area contributed by atoms with E-state index in [1.165, 1.54) is 0 Å². The SMILES string of the molecule is COc1cc(OC)c(C2=Nc3ccccc3NC(C)(c3c(OC)cc(OC)cc3OC)C2)c(OC)c1. The Bertz CT molecular complexity index is 1240. The van der Waals surface area contributed by atoms with Gasteiger partial charge in [-0.2, -0.15) is 0 Å². The fourth-order valence-corrected chi connectivity index (χ4v) is 4.67. The van der Waals surface area contributed by atoms with Gasteiger partial charge in [0.05, 0.1) is 76.4 Å². The Balaban J connectivity index is 2.00. The summed E-state index contributed by atoms with van der Waals surface area (Å²) < 4.78 is 34.2. The monoisotopic (exact) mass is 492 g/mol. The Hall–Kier alpha value is -4.07. The highest BCUT2D eigenvalue weighted by Gasteiger charge is 2.39. The first kappa shape index (κ1) is 25.0. The topological polar surface area (TPSA) is 79.8 Å². The molecule has 1 aliphatic rings. The number of anilines is 1. The number of nitrogens with one attached hydrogen (secondary N) is 1. The number of methoxy groups -OCH3 is 6. The van der Waals surface area contributed by atoms with Gasteiger partial charge in [0.1, 0.15) is 34.5 Å². The highest BCUT2D eigenvalue weighted by molar-refractivity contribution is 6.08. The molecule has 190 valence electrons. The first-order valence-corrected chi connectivity index (χ1v) is 11.5. The van der Waals surface area contributed by atoms with Crippen LogP contribution in [0, 0.1) is 0 Å². The molecular formula is C28H32N2O6. The van der Waals surface area contributed by atoms with Gasteiger partial charge in [-0.25, -0.2) is 0 Å². The molecule has 0 aliphatic carbocycles. The quantitative estimate of drug-likeness (QED) is 0.439. The number of rotatable bonds is 8. The molecule has 0 spiro atoms. The van der Waals surface area contributed by atoms with Gasteiger partial charge in [0.25, 0.3) is 0 Å². The zero-order chi connectivity index (χ0) is 25.9. The van der Waals surface area contributed by atoms with E-state index in [1.54, 1.807) is 42.7 Å². The van der Waals surface area contributed by atoms with E-state index < -0.39 is 5.54 Å². The minimum Gasteiger partial charge on any atom is -0.496 e. The number of ether oxygens (including phenoxy) is 6. The summed E-state index contributed by atoms with van der Waals surface area (Å²) in [5.74, 6) is 3.72. The van der Waals surface area contributed by atoms with Crippen LogP contribution < -0.4 is 33.7 Å². The van der Waals surface area contributed by atoms with Gasteiger partial charge in [-0.15, -0.1) is 0 Å². The molecule has 1 N–H and O–H groups in total. The van der Waals surface area contributed by atoms with Gasteiger partial charge in [0, 0.05) is 30.7 Å². The zero-order valence-electron chi connectivity index (χ0n) is 21.7. The Labute approximate surface area is 211 Å². The van der Waals surface area contributed by atoms with Crippen LogP contribution >= 0.6 is 0 Å². The molecule has 3 aromatic carbocycles. The lowest BCUT2D eigenvalue weighted by Gasteiger charge is -2.34. The smallest absolute Gasteiger partial charge is 0.135 e. The largest absolute Gasteiger partial charge is 0.496 e. The molecular weight excluding hydrogens is 460 g/mol. The number of aliphatic imine (C=N–C) groups is 1. The van der Waals surface area contributed by atoms with Crippen molar-refractivity contribution in [2.75, 3.05) is 48.0 Å². The molecule has 8 heteroatoms. The minimum absolute atomic E-state index is 0.458. The number of para-hydroxylation sites is 2. The van der Waals surface area contributed by atoms with Gasteiger partial charge in [0.15, 0.2) is 0 Å². The lowest BCUT2D eigenvalue weighted by molar-refractivity contribution is 0.354. The number of hydrogen-bond acceptors (Lipinski definition) is 8. The molecule has 1 aliphatic heterocycles. The van der Waals surface area contributed by atoms with Crippen molar-refractivity contribution < 1.29 is 28.4 Å².